The van der Waals surface area contributed by atoms with E-state index < -0.39 is 6.10 Å². The van der Waals surface area contributed by atoms with Crippen LogP contribution in [0.1, 0.15) is 25.8 Å². The molecule has 0 fully saturated rings. The summed E-state index contributed by atoms with van der Waals surface area (Å²) in [6.45, 7) is 5.64. The Labute approximate surface area is 111 Å². The molecule has 0 radical (unpaired) electrons. The molecule has 0 aromatic heterocycles. The molecule has 0 aliphatic rings. The first-order valence-corrected chi connectivity index (χ1v) is 6.56. The van der Waals surface area contributed by atoms with Crippen LogP contribution in [0.15, 0.2) is 22.7 Å². The van der Waals surface area contributed by atoms with E-state index in [1.54, 1.807) is 0 Å². The van der Waals surface area contributed by atoms with Crippen LogP contribution >= 0.6 is 15.9 Å². The number of ether oxygens (including phenoxy) is 1. The van der Waals surface area contributed by atoms with Gasteiger partial charge in [-0.05, 0) is 35.0 Å². The molecule has 0 saturated heterocycles. The molecule has 1 aromatic rings. The molecule has 1 aromatic carbocycles. The topological polar surface area (TPSA) is 45.0 Å². The summed E-state index contributed by atoms with van der Waals surface area (Å²) in [6.07, 6.45) is 0.285. The summed E-state index contributed by atoms with van der Waals surface area (Å²) in [4.78, 5) is 0. The average Bonchev–Trinajstić information content (AvgIpc) is 2.35. The van der Waals surface area contributed by atoms with E-state index in [0.29, 0.717) is 6.42 Å². The second-order valence-electron chi connectivity index (χ2n) is 3.65. The lowest BCUT2D eigenvalue weighted by Crippen LogP contribution is -2.17. The van der Waals surface area contributed by atoms with Crippen molar-refractivity contribution in [3.63, 3.8) is 0 Å². The van der Waals surface area contributed by atoms with Gasteiger partial charge in [0, 0.05) is 12.1 Å². The van der Waals surface area contributed by atoms with Crippen LogP contribution in [-0.4, -0.2) is 12.6 Å². The zero-order valence-electron chi connectivity index (χ0n) is 10.2. The molecule has 0 heterocycles. The van der Waals surface area contributed by atoms with Crippen molar-refractivity contribution in [3.05, 3.63) is 28.2 Å². The molecule has 4 heteroatoms. The van der Waals surface area contributed by atoms with E-state index in [4.69, 9.17) is 10.00 Å². The summed E-state index contributed by atoms with van der Waals surface area (Å²) in [5, 5.41) is 12.2. The van der Waals surface area contributed by atoms with Crippen molar-refractivity contribution < 1.29 is 4.74 Å². The first kappa shape index (κ1) is 14.0. The largest absolute Gasteiger partial charge is 0.474 e. The van der Waals surface area contributed by atoms with Gasteiger partial charge in [0.2, 0.25) is 0 Å². The fourth-order valence-electron chi connectivity index (χ4n) is 1.43. The Morgan fingerprint density at radius 3 is 2.82 bits per heavy atom. The van der Waals surface area contributed by atoms with Gasteiger partial charge in [-0.1, -0.05) is 26.0 Å². The third kappa shape index (κ3) is 4.03. The number of rotatable bonds is 6. The van der Waals surface area contributed by atoms with Crippen LogP contribution in [0.25, 0.3) is 0 Å². The fraction of sp³-hybridized carbons (Fsp3) is 0.462. The van der Waals surface area contributed by atoms with Crippen molar-refractivity contribution in [2.24, 2.45) is 0 Å². The van der Waals surface area contributed by atoms with E-state index in [9.17, 15) is 0 Å². The van der Waals surface area contributed by atoms with Crippen LogP contribution in [0.2, 0.25) is 0 Å². The highest BCUT2D eigenvalue weighted by Crippen LogP contribution is 2.30. The van der Waals surface area contributed by atoms with Gasteiger partial charge < -0.3 is 10.1 Å². The molecule has 0 aliphatic carbocycles. The summed E-state index contributed by atoms with van der Waals surface area (Å²) in [7, 11) is 0. The molecule has 1 atom stereocenters. The molecule has 1 N–H and O–H groups in total. The van der Waals surface area contributed by atoms with Crippen LogP contribution in [0.4, 0.5) is 0 Å². The molecular weight excluding hydrogens is 280 g/mol. The zero-order chi connectivity index (χ0) is 12.7. The second-order valence-corrected chi connectivity index (χ2v) is 4.51. The second kappa shape index (κ2) is 7.31. The number of halogens is 1. The van der Waals surface area contributed by atoms with Gasteiger partial charge in [0.05, 0.1) is 4.47 Å². The lowest BCUT2D eigenvalue weighted by molar-refractivity contribution is 0.247. The smallest absolute Gasteiger partial charge is 0.184 e. The SMILES string of the molecule is CCNCc1cccc(Br)c1OC(C#N)CC. The molecule has 1 unspecified atom stereocenters. The van der Waals surface area contributed by atoms with E-state index in [1.165, 1.54) is 0 Å². The molecule has 0 spiro atoms. The Hall–Kier alpha value is -1.05. The number of nitriles is 1. The van der Waals surface area contributed by atoms with Crippen molar-refractivity contribution >= 4 is 15.9 Å². The van der Waals surface area contributed by atoms with Crippen molar-refractivity contribution in [2.75, 3.05) is 6.54 Å². The van der Waals surface area contributed by atoms with Crippen molar-refractivity contribution in [1.29, 1.82) is 5.26 Å². The van der Waals surface area contributed by atoms with E-state index in [0.717, 1.165) is 28.9 Å². The van der Waals surface area contributed by atoms with Gasteiger partial charge in [0.1, 0.15) is 11.8 Å². The maximum atomic E-state index is 8.94. The van der Waals surface area contributed by atoms with Gasteiger partial charge in [0.15, 0.2) is 6.10 Å². The molecule has 0 saturated carbocycles. The van der Waals surface area contributed by atoms with Crippen LogP contribution < -0.4 is 10.1 Å². The number of nitrogens with one attached hydrogen (secondary N) is 1. The van der Waals surface area contributed by atoms with Gasteiger partial charge in [-0.2, -0.15) is 5.26 Å². The van der Waals surface area contributed by atoms with E-state index in [2.05, 4.69) is 34.2 Å². The summed E-state index contributed by atoms with van der Waals surface area (Å²) in [5.74, 6) is 0.766. The quantitative estimate of drug-likeness (QED) is 0.876. The van der Waals surface area contributed by atoms with Gasteiger partial charge in [-0.25, -0.2) is 0 Å². The Kier molecular flexibility index (Phi) is 6.03. The monoisotopic (exact) mass is 296 g/mol. The van der Waals surface area contributed by atoms with E-state index in [1.807, 2.05) is 25.1 Å². The Morgan fingerprint density at radius 1 is 1.47 bits per heavy atom. The van der Waals surface area contributed by atoms with Crippen LogP contribution in [0.5, 0.6) is 5.75 Å². The van der Waals surface area contributed by atoms with Gasteiger partial charge in [0.25, 0.3) is 0 Å². The first-order valence-electron chi connectivity index (χ1n) is 5.77. The molecule has 92 valence electrons. The van der Waals surface area contributed by atoms with Crippen LogP contribution in [0.3, 0.4) is 0 Å². The van der Waals surface area contributed by atoms with E-state index >= 15 is 0 Å². The molecule has 1 rings (SSSR count). The van der Waals surface area contributed by atoms with Crippen LogP contribution in [-0.2, 0) is 6.54 Å². The normalized spacial score (nSPS) is 11.9. The highest BCUT2D eigenvalue weighted by atomic mass is 79.9. The molecule has 0 aliphatic heterocycles. The van der Waals surface area contributed by atoms with Gasteiger partial charge in [-0.15, -0.1) is 0 Å². The third-order valence-electron chi connectivity index (χ3n) is 2.39. The summed E-state index contributed by atoms with van der Waals surface area (Å²) >= 11 is 3.46. The standard InChI is InChI=1S/C13H17BrN2O/c1-3-11(8-15)17-13-10(9-16-4-2)6-5-7-12(13)14/h5-7,11,16H,3-4,9H2,1-2H3. The number of nitrogens with zero attached hydrogens (tertiary/aromatic N) is 1. The highest BCUT2D eigenvalue weighted by molar-refractivity contribution is 9.10. The van der Waals surface area contributed by atoms with Gasteiger partial charge in [-0.3, -0.25) is 0 Å². The van der Waals surface area contributed by atoms with Gasteiger partial charge >= 0.3 is 0 Å². The molecule has 3 nitrogen and oxygen atoms in total. The minimum atomic E-state index is -0.394. The number of hydrogen-bond acceptors (Lipinski definition) is 3. The number of para-hydroxylation sites is 1. The predicted molar refractivity (Wildman–Crippen MR) is 71.8 cm³/mol. The maximum absolute atomic E-state index is 8.94. The summed E-state index contributed by atoms with van der Waals surface area (Å²) < 4.78 is 6.61. The lowest BCUT2D eigenvalue weighted by Gasteiger charge is -2.16. The number of hydrogen-bond donors (Lipinski definition) is 1. The predicted octanol–water partition coefficient (Wildman–Crippen LogP) is 3.24. The highest BCUT2D eigenvalue weighted by Gasteiger charge is 2.12. The Bertz CT molecular complexity index is 401. The molecule has 0 bridgehead atoms. The maximum Gasteiger partial charge on any atom is 0.184 e. The summed E-state index contributed by atoms with van der Waals surface area (Å²) in [5.41, 5.74) is 1.06. The zero-order valence-corrected chi connectivity index (χ0v) is 11.8. The molecule has 17 heavy (non-hydrogen) atoms. The third-order valence-corrected chi connectivity index (χ3v) is 3.01. The van der Waals surface area contributed by atoms with E-state index in [-0.39, 0.29) is 0 Å². The lowest BCUT2D eigenvalue weighted by atomic mass is 10.2. The van der Waals surface area contributed by atoms with Crippen LogP contribution in [0, 0.1) is 11.3 Å². The molecule has 0 amide bonds. The van der Waals surface area contributed by atoms with Crippen molar-refractivity contribution in [3.8, 4) is 11.8 Å². The summed E-state index contributed by atoms with van der Waals surface area (Å²) in [6, 6.07) is 8.05. The average molecular weight is 297 g/mol. The minimum Gasteiger partial charge on any atom is -0.474 e. The Morgan fingerprint density at radius 2 is 2.24 bits per heavy atom. The number of benzene rings is 1. The van der Waals surface area contributed by atoms with Crippen molar-refractivity contribution in [1.82, 2.24) is 5.32 Å². The fourth-order valence-corrected chi connectivity index (χ4v) is 1.93. The first-order chi connectivity index (χ1) is 8.22. The minimum absolute atomic E-state index is 0.394. The van der Waals surface area contributed by atoms with Crippen molar-refractivity contribution in [2.45, 2.75) is 32.9 Å². The molecular formula is C13H17BrN2O. The Balaban J connectivity index is 2.91.